The number of benzene rings is 2. The van der Waals surface area contributed by atoms with Crippen LogP contribution >= 0.6 is 11.6 Å². The maximum Gasteiger partial charge on any atom is 0.344 e. The van der Waals surface area contributed by atoms with Crippen molar-refractivity contribution in [3.8, 4) is 11.1 Å². The Morgan fingerprint density at radius 2 is 1.86 bits per heavy atom. The molecule has 2 aromatic carbocycles. The Kier molecular flexibility index (Phi) is 3.62. The molecular formula is C16H11ClNO4-. The number of hydrogen-bond donors (Lipinski definition) is 1. The van der Waals surface area contributed by atoms with E-state index in [1.165, 1.54) is 12.1 Å². The number of fused-ring (bicyclic) bond motifs is 1. The maximum atomic E-state index is 12.2. The molecule has 0 atom stereocenters. The summed E-state index contributed by atoms with van der Waals surface area (Å²) in [6.45, 7) is 1.81. The summed E-state index contributed by atoms with van der Waals surface area (Å²) in [5.74, 6) is 0. The highest BCUT2D eigenvalue weighted by molar-refractivity contribution is 6.31. The summed E-state index contributed by atoms with van der Waals surface area (Å²) in [6.07, 6.45) is 0. The Labute approximate surface area is 130 Å². The second-order valence-electron chi connectivity index (χ2n) is 4.85. The first kappa shape index (κ1) is 14.6. The second-order valence-corrected chi connectivity index (χ2v) is 5.29. The molecule has 0 saturated heterocycles. The zero-order chi connectivity index (χ0) is 15.9. The van der Waals surface area contributed by atoms with Gasteiger partial charge in [-0.15, -0.1) is 0 Å². The van der Waals surface area contributed by atoms with Gasteiger partial charge in [0.25, 0.3) is 0 Å². The Bertz CT molecular complexity index is 900. The number of anilines is 1. The van der Waals surface area contributed by atoms with E-state index in [0.717, 1.165) is 10.9 Å². The van der Waals surface area contributed by atoms with Crippen LogP contribution in [0.2, 0.25) is 5.02 Å². The topological polar surface area (TPSA) is 76.7 Å². The van der Waals surface area contributed by atoms with Crippen LogP contribution < -0.4 is 10.9 Å². The first-order chi connectivity index (χ1) is 10.5. The van der Waals surface area contributed by atoms with Crippen molar-refractivity contribution in [1.29, 1.82) is 0 Å². The van der Waals surface area contributed by atoms with Crippen molar-refractivity contribution in [3.05, 3.63) is 68.7 Å². The molecule has 5 nitrogen and oxygen atoms in total. The number of halogens is 1. The molecule has 1 heterocycles. The third-order valence-corrected chi connectivity index (χ3v) is 3.74. The van der Waals surface area contributed by atoms with Gasteiger partial charge in [-0.2, -0.15) is 0 Å². The molecule has 0 spiro atoms. The molecular weight excluding hydrogens is 306 g/mol. The van der Waals surface area contributed by atoms with Crippen LogP contribution in [0.3, 0.4) is 0 Å². The molecule has 0 bridgehead atoms. The van der Waals surface area contributed by atoms with E-state index in [-0.39, 0.29) is 10.9 Å². The summed E-state index contributed by atoms with van der Waals surface area (Å²) in [5, 5.41) is 20.7. The Balaban J connectivity index is 2.24. The van der Waals surface area contributed by atoms with E-state index in [9.17, 15) is 10.0 Å². The van der Waals surface area contributed by atoms with Crippen molar-refractivity contribution in [2.45, 2.75) is 6.92 Å². The standard InChI is InChI=1S/C16H11ClNO4/c1-9-13-8-11(17)4-7-14(13)22-16(19)15(9)10-2-5-12(6-3-10)18(20)21/h2-8,20H,1H3/q-1. The van der Waals surface area contributed by atoms with Crippen LogP contribution in [-0.2, 0) is 0 Å². The quantitative estimate of drug-likeness (QED) is 0.568. The Morgan fingerprint density at radius 1 is 1.18 bits per heavy atom. The number of rotatable bonds is 2. The highest BCUT2D eigenvalue weighted by Crippen LogP contribution is 2.29. The maximum absolute atomic E-state index is 12.2. The van der Waals surface area contributed by atoms with E-state index in [1.54, 1.807) is 30.3 Å². The van der Waals surface area contributed by atoms with Crippen LogP contribution in [0.15, 0.2) is 51.7 Å². The molecule has 1 aromatic heterocycles. The summed E-state index contributed by atoms with van der Waals surface area (Å²) in [4.78, 5) is 12.2. The lowest BCUT2D eigenvalue weighted by Crippen LogP contribution is -2.08. The molecule has 1 N–H and O–H groups in total. The lowest BCUT2D eigenvalue weighted by atomic mass is 9.99. The average molecular weight is 317 g/mol. The number of aryl methyl sites for hydroxylation is 1. The minimum absolute atomic E-state index is 0.0784. The normalized spacial score (nSPS) is 10.9. The van der Waals surface area contributed by atoms with Gasteiger partial charge in [0.1, 0.15) is 5.58 Å². The molecule has 0 radical (unpaired) electrons. The predicted molar refractivity (Wildman–Crippen MR) is 85.3 cm³/mol. The largest absolute Gasteiger partial charge is 0.733 e. The lowest BCUT2D eigenvalue weighted by molar-refractivity contribution is 0.296. The van der Waals surface area contributed by atoms with Crippen LogP contribution in [0, 0.1) is 12.1 Å². The zero-order valence-corrected chi connectivity index (χ0v) is 12.3. The van der Waals surface area contributed by atoms with Gasteiger partial charge in [0.05, 0.1) is 11.3 Å². The molecule has 3 rings (SSSR count). The van der Waals surface area contributed by atoms with Gasteiger partial charge in [-0.3, -0.25) is 5.21 Å². The van der Waals surface area contributed by atoms with Crippen molar-refractivity contribution in [2.24, 2.45) is 0 Å². The fourth-order valence-corrected chi connectivity index (χ4v) is 2.59. The molecule has 22 heavy (non-hydrogen) atoms. The third kappa shape index (κ3) is 2.46. The van der Waals surface area contributed by atoms with E-state index in [4.69, 9.17) is 21.2 Å². The molecule has 0 unspecified atom stereocenters. The summed E-state index contributed by atoms with van der Waals surface area (Å²) in [7, 11) is 0. The van der Waals surface area contributed by atoms with Crippen LogP contribution in [0.5, 0.6) is 0 Å². The van der Waals surface area contributed by atoms with Crippen LogP contribution in [0.4, 0.5) is 5.69 Å². The van der Waals surface area contributed by atoms with Crippen molar-refractivity contribution in [1.82, 2.24) is 0 Å². The van der Waals surface area contributed by atoms with Gasteiger partial charge < -0.3 is 14.9 Å². The van der Waals surface area contributed by atoms with Gasteiger partial charge in [0.2, 0.25) is 0 Å². The van der Waals surface area contributed by atoms with Gasteiger partial charge >= 0.3 is 5.63 Å². The van der Waals surface area contributed by atoms with Crippen LogP contribution in [0.1, 0.15) is 5.56 Å². The summed E-state index contributed by atoms with van der Waals surface area (Å²) in [6, 6.07) is 11.0. The van der Waals surface area contributed by atoms with E-state index in [0.29, 0.717) is 21.7 Å². The lowest BCUT2D eigenvalue weighted by Gasteiger charge is -2.21. The summed E-state index contributed by atoms with van der Waals surface area (Å²) >= 11 is 6.00. The summed E-state index contributed by atoms with van der Waals surface area (Å²) < 4.78 is 5.32. The highest BCUT2D eigenvalue weighted by Gasteiger charge is 2.13. The molecule has 3 aromatic rings. The summed E-state index contributed by atoms with van der Waals surface area (Å²) in [5.41, 5.74) is 1.81. The Morgan fingerprint density at radius 3 is 2.50 bits per heavy atom. The van der Waals surface area contributed by atoms with Crippen molar-refractivity contribution in [2.75, 3.05) is 5.23 Å². The average Bonchev–Trinajstić information content (AvgIpc) is 2.49. The zero-order valence-electron chi connectivity index (χ0n) is 11.5. The molecule has 6 heteroatoms. The fourth-order valence-electron chi connectivity index (χ4n) is 2.41. The third-order valence-electron chi connectivity index (χ3n) is 3.50. The van der Waals surface area contributed by atoms with E-state index in [1.807, 2.05) is 6.92 Å². The van der Waals surface area contributed by atoms with Gasteiger partial charge in [-0.1, -0.05) is 23.7 Å². The number of nitrogens with zero attached hydrogens (tertiary/aromatic N) is 1. The highest BCUT2D eigenvalue weighted by atomic mass is 35.5. The van der Waals surface area contributed by atoms with Crippen molar-refractivity contribution in [3.63, 3.8) is 0 Å². The molecule has 0 aliphatic rings. The van der Waals surface area contributed by atoms with Gasteiger partial charge in [-0.25, -0.2) is 4.79 Å². The SMILES string of the molecule is Cc1c(-c2ccc(N([O-])O)cc2)c(=O)oc2ccc(Cl)cc12. The minimum atomic E-state index is -0.469. The molecule has 0 fully saturated rings. The second kappa shape index (κ2) is 5.46. The minimum Gasteiger partial charge on any atom is -0.733 e. The first-order valence-corrected chi connectivity index (χ1v) is 6.84. The van der Waals surface area contributed by atoms with E-state index in [2.05, 4.69) is 0 Å². The van der Waals surface area contributed by atoms with Gasteiger partial charge in [0.15, 0.2) is 0 Å². The van der Waals surface area contributed by atoms with Crippen LogP contribution in [-0.4, -0.2) is 5.21 Å². The molecule has 112 valence electrons. The first-order valence-electron chi connectivity index (χ1n) is 6.47. The Hall–Kier alpha value is -2.34. The molecule has 0 aliphatic carbocycles. The van der Waals surface area contributed by atoms with E-state index < -0.39 is 5.63 Å². The van der Waals surface area contributed by atoms with Crippen LogP contribution in [0.25, 0.3) is 22.1 Å². The smallest absolute Gasteiger partial charge is 0.344 e. The predicted octanol–water partition coefficient (Wildman–Crippen LogP) is 4.12. The van der Waals surface area contributed by atoms with Crippen molar-refractivity contribution >= 4 is 28.3 Å². The number of hydrogen-bond acceptors (Lipinski definition) is 5. The molecule has 0 saturated carbocycles. The van der Waals surface area contributed by atoms with Crippen molar-refractivity contribution < 1.29 is 9.62 Å². The fraction of sp³-hybridized carbons (Fsp3) is 0.0625. The van der Waals surface area contributed by atoms with Gasteiger partial charge in [0, 0.05) is 10.4 Å². The van der Waals surface area contributed by atoms with Gasteiger partial charge in [-0.05, 0) is 48.4 Å². The monoisotopic (exact) mass is 316 g/mol. The van der Waals surface area contributed by atoms with E-state index >= 15 is 0 Å². The molecule has 0 amide bonds. The molecule has 0 aliphatic heterocycles.